The molecule has 1 aromatic rings. The summed E-state index contributed by atoms with van der Waals surface area (Å²) in [5.74, 6) is 2.99. The number of aromatic nitrogens is 2. The summed E-state index contributed by atoms with van der Waals surface area (Å²) in [6.07, 6.45) is 1.20. The van der Waals surface area contributed by atoms with Crippen LogP contribution in [-0.2, 0) is 6.54 Å². The van der Waals surface area contributed by atoms with Crippen LogP contribution in [0.25, 0.3) is 0 Å². The Labute approximate surface area is 105 Å². The quantitative estimate of drug-likeness (QED) is 0.893. The molecule has 1 saturated heterocycles. The van der Waals surface area contributed by atoms with E-state index in [2.05, 4.69) is 34.3 Å². The number of aryl methyl sites for hydroxylation is 1. The van der Waals surface area contributed by atoms with Crippen molar-refractivity contribution in [3.05, 3.63) is 11.7 Å². The van der Waals surface area contributed by atoms with Gasteiger partial charge in [-0.2, -0.15) is 4.98 Å². The number of rotatable bonds is 3. The summed E-state index contributed by atoms with van der Waals surface area (Å²) in [5.41, 5.74) is 0. The van der Waals surface area contributed by atoms with E-state index in [4.69, 9.17) is 4.52 Å². The standard InChI is InChI=1S/C11H18N4OS/c1-7(2)9-4-5-17-11(14-9)12-6-10-13-8(3)16-15-10/h7,9H,4-6H2,1-3H3,(H,12,14). The molecule has 6 heteroatoms. The fourth-order valence-electron chi connectivity index (χ4n) is 1.69. The lowest BCUT2D eigenvalue weighted by Gasteiger charge is -2.28. The number of hydrogen-bond donors (Lipinski definition) is 1. The third-order valence-electron chi connectivity index (χ3n) is 2.71. The van der Waals surface area contributed by atoms with Gasteiger partial charge in [-0.25, -0.2) is 0 Å². The van der Waals surface area contributed by atoms with Crippen LogP contribution in [0.3, 0.4) is 0 Å². The maximum atomic E-state index is 4.91. The predicted molar refractivity (Wildman–Crippen MR) is 69.0 cm³/mol. The summed E-state index contributed by atoms with van der Waals surface area (Å²) in [6.45, 7) is 6.73. The zero-order valence-electron chi connectivity index (χ0n) is 10.4. The Hall–Kier alpha value is -1.04. The number of nitrogens with one attached hydrogen (secondary N) is 1. The van der Waals surface area contributed by atoms with E-state index < -0.39 is 0 Å². The summed E-state index contributed by atoms with van der Waals surface area (Å²) < 4.78 is 4.91. The summed E-state index contributed by atoms with van der Waals surface area (Å²) in [5, 5.41) is 8.28. The molecular formula is C11H18N4OS. The Morgan fingerprint density at radius 1 is 1.59 bits per heavy atom. The van der Waals surface area contributed by atoms with Gasteiger partial charge < -0.3 is 9.84 Å². The minimum Gasteiger partial charge on any atom is -0.362 e. The normalized spacial score (nSPS) is 23.1. The third-order valence-corrected chi connectivity index (χ3v) is 3.68. The molecule has 0 aliphatic carbocycles. The van der Waals surface area contributed by atoms with Crippen molar-refractivity contribution in [2.45, 2.75) is 39.8 Å². The largest absolute Gasteiger partial charge is 0.362 e. The molecule has 1 N–H and O–H groups in total. The van der Waals surface area contributed by atoms with Crippen LogP contribution in [0.1, 0.15) is 32.0 Å². The topological polar surface area (TPSA) is 63.3 Å². The van der Waals surface area contributed by atoms with Gasteiger partial charge in [0.15, 0.2) is 11.0 Å². The van der Waals surface area contributed by atoms with E-state index in [1.54, 1.807) is 18.7 Å². The first-order valence-corrected chi connectivity index (χ1v) is 6.86. The van der Waals surface area contributed by atoms with Gasteiger partial charge in [-0.05, 0) is 12.3 Å². The molecule has 0 spiro atoms. The van der Waals surface area contributed by atoms with Gasteiger partial charge in [-0.1, -0.05) is 30.8 Å². The molecule has 5 nitrogen and oxygen atoms in total. The molecule has 0 aromatic carbocycles. The van der Waals surface area contributed by atoms with E-state index in [-0.39, 0.29) is 0 Å². The molecule has 1 aromatic heterocycles. The van der Waals surface area contributed by atoms with Crippen molar-refractivity contribution < 1.29 is 4.52 Å². The molecule has 1 aliphatic rings. The highest BCUT2D eigenvalue weighted by Gasteiger charge is 2.20. The van der Waals surface area contributed by atoms with E-state index in [0.717, 1.165) is 10.9 Å². The lowest BCUT2D eigenvalue weighted by molar-refractivity contribution is 0.387. The number of aliphatic imine (C=N–C) groups is 1. The zero-order chi connectivity index (χ0) is 12.3. The second-order valence-corrected chi connectivity index (χ2v) is 5.57. The van der Waals surface area contributed by atoms with Gasteiger partial charge >= 0.3 is 0 Å². The number of thioether (sulfide) groups is 1. The summed E-state index contributed by atoms with van der Waals surface area (Å²) in [4.78, 5) is 8.61. The van der Waals surface area contributed by atoms with Gasteiger partial charge in [0.1, 0.15) is 6.54 Å². The SMILES string of the molecule is Cc1nc(CN=C2NC(C(C)C)CCS2)no1. The molecule has 1 aliphatic heterocycles. The molecule has 94 valence electrons. The van der Waals surface area contributed by atoms with Crippen molar-refractivity contribution in [2.75, 3.05) is 5.75 Å². The first-order chi connectivity index (χ1) is 8.15. The van der Waals surface area contributed by atoms with Gasteiger partial charge in [-0.15, -0.1) is 0 Å². The number of amidine groups is 1. The highest BCUT2D eigenvalue weighted by Crippen LogP contribution is 2.19. The Kier molecular flexibility index (Phi) is 4.04. The molecule has 0 saturated carbocycles. The Bertz CT molecular complexity index is 402. The van der Waals surface area contributed by atoms with Gasteiger partial charge in [0.05, 0.1) is 0 Å². The Balaban J connectivity index is 1.93. The molecule has 0 amide bonds. The maximum Gasteiger partial charge on any atom is 0.223 e. The van der Waals surface area contributed by atoms with Crippen molar-refractivity contribution in [2.24, 2.45) is 10.9 Å². The van der Waals surface area contributed by atoms with Crippen LogP contribution in [-0.4, -0.2) is 27.1 Å². The molecular weight excluding hydrogens is 236 g/mol. The van der Waals surface area contributed by atoms with Gasteiger partial charge in [0, 0.05) is 18.7 Å². The Morgan fingerprint density at radius 2 is 2.41 bits per heavy atom. The van der Waals surface area contributed by atoms with E-state index in [1.807, 2.05) is 0 Å². The highest BCUT2D eigenvalue weighted by molar-refractivity contribution is 8.13. The van der Waals surface area contributed by atoms with Crippen molar-refractivity contribution in [1.82, 2.24) is 15.5 Å². The van der Waals surface area contributed by atoms with Gasteiger partial charge in [0.2, 0.25) is 5.89 Å². The molecule has 1 unspecified atom stereocenters. The van der Waals surface area contributed by atoms with Crippen LogP contribution in [0.5, 0.6) is 0 Å². The third kappa shape index (κ3) is 3.46. The zero-order valence-corrected chi connectivity index (χ0v) is 11.3. The Morgan fingerprint density at radius 3 is 3.06 bits per heavy atom. The average Bonchev–Trinajstić information content (AvgIpc) is 2.73. The van der Waals surface area contributed by atoms with Crippen LogP contribution in [0, 0.1) is 12.8 Å². The molecule has 1 fully saturated rings. The van der Waals surface area contributed by atoms with Crippen LogP contribution in [0.15, 0.2) is 9.52 Å². The van der Waals surface area contributed by atoms with E-state index in [9.17, 15) is 0 Å². The average molecular weight is 254 g/mol. The minimum atomic E-state index is 0.484. The molecule has 0 radical (unpaired) electrons. The summed E-state index contributed by atoms with van der Waals surface area (Å²) in [6, 6.07) is 0.530. The first-order valence-electron chi connectivity index (χ1n) is 5.88. The first kappa shape index (κ1) is 12.4. The lowest BCUT2D eigenvalue weighted by atomic mass is 10.0. The molecule has 1 atom stereocenters. The molecule has 0 bridgehead atoms. The second-order valence-electron chi connectivity index (χ2n) is 4.48. The smallest absolute Gasteiger partial charge is 0.223 e. The molecule has 17 heavy (non-hydrogen) atoms. The van der Waals surface area contributed by atoms with Crippen molar-refractivity contribution >= 4 is 16.9 Å². The van der Waals surface area contributed by atoms with E-state index in [1.165, 1.54) is 6.42 Å². The lowest BCUT2D eigenvalue weighted by Crippen LogP contribution is -2.41. The van der Waals surface area contributed by atoms with Gasteiger partial charge in [-0.3, -0.25) is 4.99 Å². The van der Waals surface area contributed by atoms with Crippen molar-refractivity contribution in [3.63, 3.8) is 0 Å². The second kappa shape index (κ2) is 5.53. The van der Waals surface area contributed by atoms with E-state index in [0.29, 0.717) is 30.2 Å². The fourth-order valence-corrected chi connectivity index (χ4v) is 2.65. The van der Waals surface area contributed by atoms with Crippen LogP contribution >= 0.6 is 11.8 Å². The molecule has 2 rings (SSSR count). The molecule has 2 heterocycles. The predicted octanol–water partition coefficient (Wildman–Crippen LogP) is 1.99. The highest BCUT2D eigenvalue weighted by atomic mass is 32.2. The van der Waals surface area contributed by atoms with Crippen molar-refractivity contribution in [1.29, 1.82) is 0 Å². The number of hydrogen-bond acceptors (Lipinski definition) is 5. The van der Waals surface area contributed by atoms with Crippen LogP contribution < -0.4 is 5.32 Å². The van der Waals surface area contributed by atoms with E-state index >= 15 is 0 Å². The summed E-state index contributed by atoms with van der Waals surface area (Å²) >= 11 is 1.76. The number of nitrogens with zero attached hydrogens (tertiary/aromatic N) is 3. The van der Waals surface area contributed by atoms with Crippen molar-refractivity contribution in [3.8, 4) is 0 Å². The van der Waals surface area contributed by atoms with Crippen LogP contribution in [0.2, 0.25) is 0 Å². The maximum absolute atomic E-state index is 4.91. The van der Waals surface area contributed by atoms with Gasteiger partial charge in [0.25, 0.3) is 0 Å². The summed E-state index contributed by atoms with van der Waals surface area (Å²) in [7, 11) is 0. The fraction of sp³-hybridized carbons (Fsp3) is 0.727. The monoisotopic (exact) mass is 254 g/mol. The van der Waals surface area contributed by atoms with Crippen LogP contribution in [0.4, 0.5) is 0 Å². The minimum absolute atomic E-state index is 0.484.